The summed E-state index contributed by atoms with van der Waals surface area (Å²) < 4.78 is 5.49. The van der Waals surface area contributed by atoms with E-state index in [9.17, 15) is 0 Å². The van der Waals surface area contributed by atoms with Gasteiger partial charge in [-0.15, -0.1) is 0 Å². The number of phenolic OH excluding ortho intramolecular Hbond substituents is 1. The van der Waals surface area contributed by atoms with Crippen LogP contribution in [-0.4, -0.2) is 10.1 Å². The first-order chi connectivity index (χ1) is 7.34. The number of aromatic nitrogens is 1. The number of hydrogen-bond donors (Lipinski definition) is 1. The van der Waals surface area contributed by atoms with E-state index in [2.05, 4.69) is 4.98 Å². The molecule has 0 bridgehead atoms. The van der Waals surface area contributed by atoms with Gasteiger partial charge in [-0.3, -0.25) is 4.98 Å². The van der Waals surface area contributed by atoms with Gasteiger partial charge in [-0.1, -0.05) is 12.1 Å². The predicted octanol–water partition coefficient (Wildman–Crippen LogP) is 2.37. The lowest BCUT2D eigenvalue weighted by Gasteiger charge is -2.05. The smallest absolute Gasteiger partial charge is 0.138 e. The lowest BCUT2D eigenvalue weighted by atomic mass is 10.2. The van der Waals surface area contributed by atoms with Gasteiger partial charge in [0.1, 0.15) is 18.1 Å². The van der Waals surface area contributed by atoms with E-state index in [1.54, 1.807) is 24.5 Å². The van der Waals surface area contributed by atoms with Crippen LogP contribution in [0.15, 0.2) is 48.8 Å². The van der Waals surface area contributed by atoms with Crippen LogP contribution in [0.1, 0.15) is 5.56 Å². The van der Waals surface area contributed by atoms with Crippen LogP contribution in [0.4, 0.5) is 0 Å². The van der Waals surface area contributed by atoms with Gasteiger partial charge in [0.25, 0.3) is 0 Å². The maximum atomic E-state index is 9.09. The Morgan fingerprint density at radius 1 is 1.13 bits per heavy atom. The van der Waals surface area contributed by atoms with Gasteiger partial charge in [0.05, 0.1) is 6.20 Å². The number of nitrogens with zero attached hydrogens (tertiary/aromatic N) is 1. The predicted molar refractivity (Wildman–Crippen MR) is 56.7 cm³/mol. The summed E-state index contributed by atoms with van der Waals surface area (Å²) >= 11 is 0. The second kappa shape index (κ2) is 4.46. The number of pyridine rings is 1. The Morgan fingerprint density at radius 3 is 2.60 bits per heavy atom. The molecule has 0 saturated heterocycles. The third kappa shape index (κ3) is 2.71. The van der Waals surface area contributed by atoms with Crippen molar-refractivity contribution in [3.63, 3.8) is 0 Å². The molecule has 0 unspecified atom stereocenters. The quantitative estimate of drug-likeness (QED) is 0.828. The van der Waals surface area contributed by atoms with Crippen molar-refractivity contribution in [2.45, 2.75) is 6.61 Å². The monoisotopic (exact) mass is 201 g/mol. The molecule has 0 fully saturated rings. The molecule has 3 nitrogen and oxygen atoms in total. The molecule has 0 amide bonds. The summed E-state index contributed by atoms with van der Waals surface area (Å²) in [7, 11) is 0. The van der Waals surface area contributed by atoms with Crippen LogP contribution in [-0.2, 0) is 6.61 Å². The second-order valence-electron chi connectivity index (χ2n) is 3.14. The number of ether oxygens (including phenoxy) is 1. The summed E-state index contributed by atoms with van der Waals surface area (Å²) in [5, 5.41) is 9.09. The Bertz CT molecular complexity index is 411. The van der Waals surface area contributed by atoms with Crippen LogP contribution < -0.4 is 4.74 Å². The fourth-order valence-electron chi connectivity index (χ4n) is 1.19. The molecule has 2 rings (SSSR count). The largest absolute Gasteiger partial charge is 0.508 e. The molecular weight excluding hydrogens is 190 g/mol. The Kier molecular flexibility index (Phi) is 2.83. The molecule has 1 aromatic heterocycles. The van der Waals surface area contributed by atoms with Gasteiger partial charge in [-0.25, -0.2) is 0 Å². The van der Waals surface area contributed by atoms with Gasteiger partial charge < -0.3 is 9.84 Å². The zero-order valence-corrected chi connectivity index (χ0v) is 8.13. The highest BCUT2D eigenvalue weighted by Gasteiger charge is 1.95. The van der Waals surface area contributed by atoms with Gasteiger partial charge in [0.2, 0.25) is 0 Å². The molecule has 3 heteroatoms. The molecule has 0 saturated carbocycles. The van der Waals surface area contributed by atoms with Crippen molar-refractivity contribution in [3.8, 4) is 11.5 Å². The van der Waals surface area contributed by atoms with Gasteiger partial charge in [0, 0.05) is 6.20 Å². The normalized spacial score (nSPS) is 9.87. The number of hydrogen-bond acceptors (Lipinski definition) is 3. The molecule has 1 N–H and O–H groups in total. The molecule has 0 aliphatic heterocycles. The summed E-state index contributed by atoms with van der Waals surface area (Å²) in [4.78, 5) is 3.95. The number of benzene rings is 1. The summed E-state index contributed by atoms with van der Waals surface area (Å²) in [6, 6.07) is 10.6. The van der Waals surface area contributed by atoms with E-state index in [0.717, 1.165) is 11.3 Å². The van der Waals surface area contributed by atoms with Crippen LogP contribution in [0.25, 0.3) is 0 Å². The van der Waals surface area contributed by atoms with Crippen LogP contribution >= 0.6 is 0 Å². The Balaban J connectivity index is 1.96. The van der Waals surface area contributed by atoms with Gasteiger partial charge in [0.15, 0.2) is 0 Å². The van der Waals surface area contributed by atoms with E-state index in [1.807, 2.05) is 24.3 Å². The highest BCUT2D eigenvalue weighted by atomic mass is 16.5. The fourth-order valence-corrected chi connectivity index (χ4v) is 1.19. The van der Waals surface area contributed by atoms with Gasteiger partial charge in [-0.05, 0) is 29.8 Å². The third-order valence-corrected chi connectivity index (χ3v) is 1.98. The minimum atomic E-state index is 0.264. The maximum Gasteiger partial charge on any atom is 0.138 e. The summed E-state index contributed by atoms with van der Waals surface area (Å²) in [5.74, 6) is 1.01. The molecule has 2 aromatic rings. The highest BCUT2D eigenvalue weighted by molar-refractivity contribution is 5.26. The SMILES string of the molecule is Oc1ccc(COc2cccnc2)cc1. The van der Waals surface area contributed by atoms with E-state index in [0.29, 0.717) is 6.61 Å². The molecule has 0 radical (unpaired) electrons. The molecule has 1 aromatic carbocycles. The number of rotatable bonds is 3. The second-order valence-corrected chi connectivity index (χ2v) is 3.14. The molecule has 0 aliphatic rings. The molecule has 0 spiro atoms. The highest BCUT2D eigenvalue weighted by Crippen LogP contribution is 2.13. The average molecular weight is 201 g/mol. The number of phenols is 1. The Morgan fingerprint density at radius 2 is 1.93 bits per heavy atom. The fraction of sp³-hybridized carbons (Fsp3) is 0.0833. The van der Waals surface area contributed by atoms with Gasteiger partial charge >= 0.3 is 0 Å². The van der Waals surface area contributed by atoms with Crippen LogP contribution in [0.5, 0.6) is 11.5 Å². The standard InChI is InChI=1S/C12H11NO2/c14-11-5-3-10(4-6-11)9-15-12-2-1-7-13-8-12/h1-8,14H,9H2. The van der Waals surface area contributed by atoms with E-state index in [-0.39, 0.29) is 5.75 Å². The van der Waals surface area contributed by atoms with Crippen molar-refractivity contribution >= 4 is 0 Å². The van der Waals surface area contributed by atoms with Crippen LogP contribution in [0.3, 0.4) is 0 Å². The molecule has 0 aliphatic carbocycles. The average Bonchev–Trinajstić information content (AvgIpc) is 2.30. The van der Waals surface area contributed by atoms with Crippen molar-refractivity contribution < 1.29 is 9.84 Å². The van der Waals surface area contributed by atoms with E-state index in [4.69, 9.17) is 9.84 Å². The molecule has 15 heavy (non-hydrogen) atoms. The zero-order valence-electron chi connectivity index (χ0n) is 8.13. The maximum absolute atomic E-state index is 9.09. The zero-order chi connectivity index (χ0) is 10.5. The first-order valence-electron chi connectivity index (χ1n) is 4.65. The summed E-state index contributed by atoms with van der Waals surface area (Å²) in [6.45, 7) is 0.478. The lowest BCUT2D eigenvalue weighted by Crippen LogP contribution is -1.94. The lowest BCUT2D eigenvalue weighted by molar-refractivity contribution is 0.305. The topological polar surface area (TPSA) is 42.4 Å². The van der Waals surface area contributed by atoms with Crippen molar-refractivity contribution in [2.24, 2.45) is 0 Å². The van der Waals surface area contributed by atoms with Gasteiger partial charge in [-0.2, -0.15) is 0 Å². The Labute approximate surface area is 88.0 Å². The first-order valence-corrected chi connectivity index (χ1v) is 4.65. The van der Waals surface area contributed by atoms with Crippen molar-refractivity contribution in [1.82, 2.24) is 4.98 Å². The van der Waals surface area contributed by atoms with Crippen molar-refractivity contribution in [1.29, 1.82) is 0 Å². The van der Waals surface area contributed by atoms with Crippen LogP contribution in [0, 0.1) is 0 Å². The minimum Gasteiger partial charge on any atom is -0.508 e. The third-order valence-electron chi connectivity index (χ3n) is 1.98. The first kappa shape index (κ1) is 9.52. The summed E-state index contributed by atoms with van der Waals surface area (Å²) in [6.07, 6.45) is 3.37. The molecule has 1 heterocycles. The molecule has 76 valence electrons. The van der Waals surface area contributed by atoms with E-state index < -0.39 is 0 Å². The molecule has 0 atom stereocenters. The van der Waals surface area contributed by atoms with Crippen molar-refractivity contribution in [2.75, 3.05) is 0 Å². The van der Waals surface area contributed by atoms with E-state index in [1.165, 1.54) is 0 Å². The minimum absolute atomic E-state index is 0.264. The van der Waals surface area contributed by atoms with E-state index >= 15 is 0 Å². The van der Waals surface area contributed by atoms with Crippen LogP contribution in [0.2, 0.25) is 0 Å². The van der Waals surface area contributed by atoms with Crippen molar-refractivity contribution in [3.05, 3.63) is 54.4 Å². The molecular formula is C12H11NO2. The summed E-state index contributed by atoms with van der Waals surface area (Å²) in [5.41, 5.74) is 1.01. The number of aromatic hydroxyl groups is 1. The Hall–Kier alpha value is -2.03.